The van der Waals surface area contributed by atoms with E-state index in [1.54, 1.807) is 0 Å². The van der Waals surface area contributed by atoms with Gasteiger partial charge in [-0.05, 0) is 20.6 Å². The topological polar surface area (TPSA) is 18.5 Å². The fraction of sp³-hybridized carbons (Fsp3) is 1.00. The summed E-state index contributed by atoms with van der Waals surface area (Å²) in [5, 5.41) is 3.46. The van der Waals surface area contributed by atoms with Crippen LogP contribution in [0.5, 0.6) is 0 Å². The first-order chi connectivity index (χ1) is 5.72. The molecule has 1 rings (SSSR count). The fourth-order valence-corrected chi connectivity index (χ4v) is 4.17. The molecule has 0 radical (unpaired) electrons. The van der Waals surface area contributed by atoms with Crippen molar-refractivity contribution in [2.75, 3.05) is 46.2 Å². The SMILES string of the molecule is CCN(C)C[PH+]1CNCN(C)C1.[U]. The summed E-state index contributed by atoms with van der Waals surface area (Å²) in [5.41, 5.74) is 0. The zero-order chi connectivity index (χ0) is 8.97. The van der Waals surface area contributed by atoms with Gasteiger partial charge in [-0.1, -0.05) is 6.92 Å². The molecule has 76 valence electrons. The van der Waals surface area contributed by atoms with Gasteiger partial charge in [0.2, 0.25) is 0 Å². The van der Waals surface area contributed by atoms with E-state index in [9.17, 15) is 0 Å². The number of hydrogen-bond donors (Lipinski definition) is 1. The van der Waals surface area contributed by atoms with E-state index in [4.69, 9.17) is 0 Å². The Kier molecular flexibility index (Phi) is 8.43. The van der Waals surface area contributed by atoms with Crippen molar-refractivity contribution in [1.82, 2.24) is 15.1 Å². The van der Waals surface area contributed by atoms with Crippen molar-refractivity contribution in [2.24, 2.45) is 0 Å². The Hall–Kier alpha value is 1.36. The van der Waals surface area contributed by atoms with Crippen molar-refractivity contribution in [1.29, 1.82) is 0 Å². The molecule has 1 N–H and O–H groups in total. The summed E-state index contributed by atoms with van der Waals surface area (Å²) in [4.78, 5) is 4.82. The Morgan fingerprint density at radius 2 is 2.23 bits per heavy atom. The monoisotopic (exact) mass is 428 g/mol. The molecule has 1 aliphatic rings. The number of hydrogen-bond acceptors (Lipinski definition) is 3. The third-order valence-corrected chi connectivity index (χ3v) is 5.01. The van der Waals surface area contributed by atoms with Gasteiger partial charge in [0.25, 0.3) is 0 Å². The summed E-state index contributed by atoms with van der Waals surface area (Å²) in [6.07, 6.45) is 3.93. The Morgan fingerprint density at radius 3 is 2.77 bits per heavy atom. The predicted molar refractivity (Wildman–Crippen MR) is 57.0 cm³/mol. The maximum atomic E-state index is 3.46. The summed E-state index contributed by atoms with van der Waals surface area (Å²) >= 11 is 0. The Balaban J connectivity index is 0.00000144. The van der Waals surface area contributed by atoms with Crippen molar-refractivity contribution in [2.45, 2.75) is 6.92 Å². The minimum absolute atomic E-state index is 0. The van der Waals surface area contributed by atoms with Crippen LogP contribution in [0.4, 0.5) is 0 Å². The second kappa shape index (κ2) is 7.63. The van der Waals surface area contributed by atoms with Gasteiger partial charge >= 0.3 is 0 Å². The van der Waals surface area contributed by atoms with Gasteiger partial charge < -0.3 is 0 Å². The van der Waals surface area contributed by atoms with E-state index in [0.717, 1.165) is 6.67 Å². The molecule has 1 atom stereocenters. The predicted octanol–water partition coefficient (Wildman–Crippen LogP) is 0.517. The van der Waals surface area contributed by atoms with Crippen LogP contribution in [0.2, 0.25) is 0 Å². The first kappa shape index (κ1) is 14.4. The van der Waals surface area contributed by atoms with E-state index in [-0.39, 0.29) is 39.0 Å². The van der Waals surface area contributed by atoms with Crippen LogP contribution in [-0.4, -0.2) is 56.0 Å². The first-order valence-electron chi connectivity index (χ1n) is 4.63. The van der Waals surface area contributed by atoms with Gasteiger partial charge in [-0.15, -0.1) is 0 Å². The van der Waals surface area contributed by atoms with Gasteiger partial charge in [-0.3, -0.25) is 15.1 Å². The maximum absolute atomic E-state index is 3.46. The maximum Gasteiger partial charge on any atom is 0.112 e. The van der Waals surface area contributed by atoms with Crippen LogP contribution in [0.25, 0.3) is 0 Å². The standard InChI is InChI=1S/C8H20N3P.U/c1-4-10(2)7-12-6-9-5-11(3)8-12;/h9H,4-8H2,1-3H3;/p+1. The van der Waals surface area contributed by atoms with Crippen molar-refractivity contribution >= 4 is 7.92 Å². The minimum atomic E-state index is -0.167. The summed E-state index contributed by atoms with van der Waals surface area (Å²) < 4.78 is 0. The second-order valence-corrected chi connectivity index (χ2v) is 6.17. The summed E-state index contributed by atoms with van der Waals surface area (Å²) in [5.74, 6) is 0. The molecule has 0 aromatic rings. The second-order valence-electron chi connectivity index (χ2n) is 3.68. The molecule has 0 saturated carbocycles. The van der Waals surface area contributed by atoms with Gasteiger partial charge in [-0.2, -0.15) is 0 Å². The Morgan fingerprint density at radius 1 is 1.54 bits per heavy atom. The number of rotatable bonds is 3. The van der Waals surface area contributed by atoms with E-state index in [0.29, 0.717) is 0 Å². The molecular weight excluding hydrogens is 407 g/mol. The Labute approximate surface area is 107 Å². The van der Waals surface area contributed by atoms with Crippen molar-refractivity contribution < 1.29 is 31.1 Å². The van der Waals surface area contributed by atoms with Crippen LogP contribution in [0.15, 0.2) is 0 Å². The molecule has 1 aliphatic heterocycles. The average Bonchev–Trinajstić information content (AvgIpc) is 2.04. The third kappa shape index (κ3) is 5.72. The zero-order valence-electron chi connectivity index (χ0n) is 8.93. The molecule has 0 aliphatic carbocycles. The molecule has 13 heavy (non-hydrogen) atoms. The molecule has 0 amide bonds. The smallest absolute Gasteiger partial charge is 0.112 e. The molecule has 1 unspecified atom stereocenters. The van der Waals surface area contributed by atoms with E-state index in [1.807, 2.05) is 0 Å². The quantitative estimate of drug-likeness (QED) is 0.662. The van der Waals surface area contributed by atoms with E-state index in [1.165, 1.54) is 25.4 Å². The van der Waals surface area contributed by atoms with Gasteiger partial charge in [0.1, 0.15) is 18.9 Å². The average molecular weight is 428 g/mol. The normalized spacial score (nSPS) is 24.5. The molecule has 0 aromatic carbocycles. The van der Waals surface area contributed by atoms with Crippen LogP contribution in [0.1, 0.15) is 6.92 Å². The molecule has 5 heteroatoms. The van der Waals surface area contributed by atoms with Crippen LogP contribution in [-0.2, 0) is 0 Å². The molecule has 0 bridgehead atoms. The fourth-order valence-electron chi connectivity index (χ4n) is 1.52. The molecule has 0 aromatic heterocycles. The summed E-state index contributed by atoms with van der Waals surface area (Å²) in [6, 6.07) is 0. The van der Waals surface area contributed by atoms with Gasteiger partial charge in [0.15, 0.2) is 0 Å². The third-order valence-electron chi connectivity index (χ3n) is 2.28. The first-order valence-corrected chi connectivity index (χ1v) is 6.76. The van der Waals surface area contributed by atoms with Gasteiger partial charge in [0, 0.05) is 39.0 Å². The van der Waals surface area contributed by atoms with Crippen LogP contribution >= 0.6 is 7.92 Å². The molecule has 3 nitrogen and oxygen atoms in total. The molecule has 1 heterocycles. The van der Waals surface area contributed by atoms with Crippen LogP contribution < -0.4 is 5.32 Å². The van der Waals surface area contributed by atoms with Crippen molar-refractivity contribution in [3.8, 4) is 0 Å². The molecule has 1 fully saturated rings. The van der Waals surface area contributed by atoms with E-state index in [2.05, 4.69) is 36.1 Å². The summed E-state index contributed by atoms with van der Waals surface area (Å²) in [7, 11) is 4.24. The van der Waals surface area contributed by atoms with Crippen LogP contribution in [0.3, 0.4) is 0 Å². The van der Waals surface area contributed by atoms with E-state index >= 15 is 0 Å². The minimum Gasteiger partial charge on any atom is -0.275 e. The van der Waals surface area contributed by atoms with Crippen LogP contribution in [0, 0.1) is 31.1 Å². The number of nitrogens with one attached hydrogen (secondary N) is 1. The molecule has 1 saturated heterocycles. The van der Waals surface area contributed by atoms with Crippen molar-refractivity contribution in [3.05, 3.63) is 0 Å². The van der Waals surface area contributed by atoms with Crippen molar-refractivity contribution in [3.63, 3.8) is 0 Å². The van der Waals surface area contributed by atoms with Gasteiger partial charge in [0.05, 0.1) is 6.67 Å². The largest absolute Gasteiger partial charge is 0.275 e. The number of nitrogens with zero attached hydrogens (tertiary/aromatic N) is 2. The Bertz CT molecular complexity index is 137. The summed E-state index contributed by atoms with van der Waals surface area (Å²) in [6.45, 7) is 4.48. The molecule has 0 spiro atoms. The van der Waals surface area contributed by atoms with Gasteiger partial charge in [-0.25, -0.2) is 0 Å². The zero-order valence-corrected chi connectivity index (χ0v) is 14.1. The molecular formula is C8H21N3PU+. The van der Waals surface area contributed by atoms with E-state index < -0.39 is 0 Å².